The van der Waals surface area contributed by atoms with Gasteiger partial charge in [0.1, 0.15) is 11.1 Å². The number of rotatable bonds is 4. The molecule has 6 nitrogen and oxygen atoms in total. The third kappa shape index (κ3) is 3.56. The maximum Gasteiger partial charge on any atom is 0.256 e. The van der Waals surface area contributed by atoms with E-state index in [0.717, 1.165) is 17.1 Å². The SMILES string of the molecule is Cc1cc(NC(=O)c2ccnc(OC3CCOC3)c2)sn1. The number of aromatic nitrogens is 2. The van der Waals surface area contributed by atoms with E-state index in [9.17, 15) is 4.79 Å². The van der Waals surface area contributed by atoms with Gasteiger partial charge in [0.05, 0.1) is 18.9 Å². The maximum atomic E-state index is 12.2. The van der Waals surface area contributed by atoms with Crippen molar-refractivity contribution in [1.29, 1.82) is 0 Å². The van der Waals surface area contributed by atoms with Crippen LogP contribution in [0.15, 0.2) is 24.4 Å². The van der Waals surface area contributed by atoms with Gasteiger partial charge >= 0.3 is 0 Å². The molecule has 7 heteroatoms. The molecule has 0 aliphatic carbocycles. The zero-order valence-corrected chi connectivity index (χ0v) is 12.4. The number of carbonyl (C=O) groups excluding carboxylic acids is 1. The maximum absolute atomic E-state index is 12.2. The predicted octanol–water partition coefficient (Wildman–Crippen LogP) is 2.27. The van der Waals surface area contributed by atoms with E-state index in [4.69, 9.17) is 9.47 Å². The topological polar surface area (TPSA) is 73.3 Å². The van der Waals surface area contributed by atoms with Gasteiger partial charge in [-0.25, -0.2) is 4.98 Å². The highest BCUT2D eigenvalue weighted by Crippen LogP contribution is 2.19. The quantitative estimate of drug-likeness (QED) is 0.938. The highest BCUT2D eigenvalue weighted by atomic mass is 32.1. The molecule has 1 saturated heterocycles. The molecular formula is C14H15N3O3S. The van der Waals surface area contributed by atoms with E-state index >= 15 is 0 Å². The van der Waals surface area contributed by atoms with Gasteiger partial charge in [-0.05, 0) is 30.6 Å². The molecule has 21 heavy (non-hydrogen) atoms. The molecule has 3 heterocycles. The van der Waals surface area contributed by atoms with Crippen LogP contribution in [0.4, 0.5) is 5.00 Å². The first-order valence-electron chi connectivity index (χ1n) is 6.66. The number of hydrogen-bond acceptors (Lipinski definition) is 6. The summed E-state index contributed by atoms with van der Waals surface area (Å²) in [7, 11) is 0. The van der Waals surface area contributed by atoms with Crippen molar-refractivity contribution in [2.45, 2.75) is 19.4 Å². The number of nitrogens with one attached hydrogen (secondary N) is 1. The first-order valence-corrected chi connectivity index (χ1v) is 7.43. The van der Waals surface area contributed by atoms with Gasteiger partial charge < -0.3 is 14.8 Å². The van der Waals surface area contributed by atoms with Crippen molar-refractivity contribution >= 4 is 22.4 Å². The number of anilines is 1. The lowest BCUT2D eigenvalue weighted by molar-refractivity contribution is 0.102. The molecule has 2 aromatic heterocycles. The number of carbonyl (C=O) groups is 1. The van der Waals surface area contributed by atoms with Gasteiger partial charge in [-0.1, -0.05) is 0 Å². The molecule has 1 aliphatic rings. The van der Waals surface area contributed by atoms with E-state index in [1.807, 2.05) is 13.0 Å². The highest BCUT2D eigenvalue weighted by Gasteiger charge is 2.18. The lowest BCUT2D eigenvalue weighted by Gasteiger charge is -2.11. The third-order valence-corrected chi connectivity index (χ3v) is 3.83. The summed E-state index contributed by atoms with van der Waals surface area (Å²) in [6.07, 6.45) is 2.43. The Kier molecular flexibility index (Phi) is 4.12. The minimum absolute atomic E-state index is 0.0138. The molecule has 1 unspecified atom stereocenters. The number of aryl methyl sites for hydroxylation is 1. The minimum atomic E-state index is -0.200. The number of ether oxygens (including phenoxy) is 2. The van der Waals surface area contributed by atoms with Crippen LogP contribution in [0, 0.1) is 6.92 Å². The summed E-state index contributed by atoms with van der Waals surface area (Å²) < 4.78 is 15.1. The van der Waals surface area contributed by atoms with Crippen molar-refractivity contribution in [1.82, 2.24) is 9.36 Å². The zero-order chi connectivity index (χ0) is 14.7. The highest BCUT2D eigenvalue weighted by molar-refractivity contribution is 7.10. The van der Waals surface area contributed by atoms with Crippen LogP contribution in [-0.2, 0) is 4.74 Å². The van der Waals surface area contributed by atoms with Crippen molar-refractivity contribution in [3.05, 3.63) is 35.7 Å². The largest absolute Gasteiger partial charge is 0.472 e. The van der Waals surface area contributed by atoms with E-state index in [0.29, 0.717) is 24.7 Å². The van der Waals surface area contributed by atoms with Crippen LogP contribution in [0.1, 0.15) is 22.5 Å². The Morgan fingerprint density at radius 1 is 1.52 bits per heavy atom. The summed E-state index contributed by atoms with van der Waals surface area (Å²) in [5, 5.41) is 3.53. The summed E-state index contributed by atoms with van der Waals surface area (Å²) in [5.41, 5.74) is 1.39. The fourth-order valence-electron chi connectivity index (χ4n) is 2.00. The van der Waals surface area contributed by atoms with E-state index in [2.05, 4.69) is 14.7 Å². The van der Waals surface area contributed by atoms with E-state index in [-0.39, 0.29) is 12.0 Å². The standard InChI is InChI=1S/C14H15N3O3S/c1-9-6-13(21-17-9)16-14(18)10-2-4-15-12(7-10)20-11-3-5-19-8-11/h2,4,6-7,11H,3,5,8H2,1H3,(H,16,18). The molecule has 2 aromatic rings. The Labute approximate surface area is 126 Å². The van der Waals surface area contributed by atoms with Crippen molar-refractivity contribution in [3.8, 4) is 5.88 Å². The van der Waals surface area contributed by atoms with Gasteiger partial charge in [0.2, 0.25) is 5.88 Å². The van der Waals surface area contributed by atoms with E-state index < -0.39 is 0 Å². The Morgan fingerprint density at radius 2 is 2.43 bits per heavy atom. The van der Waals surface area contributed by atoms with Crippen molar-refractivity contribution in [2.75, 3.05) is 18.5 Å². The predicted molar refractivity (Wildman–Crippen MR) is 78.9 cm³/mol. The van der Waals surface area contributed by atoms with Crippen molar-refractivity contribution in [2.24, 2.45) is 0 Å². The monoisotopic (exact) mass is 305 g/mol. The molecule has 110 valence electrons. The molecule has 3 rings (SSSR count). The number of nitrogens with zero attached hydrogens (tertiary/aromatic N) is 2. The summed E-state index contributed by atoms with van der Waals surface area (Å²) in [4.78, 5) is 16.3. The Hall–Kier alpha value is -1.99. The molecule has 1 amide bonds. The first kappa shape index (κ1) is 14.0. The molecule has 1 aliphatic heterocycles. The van der Waals surface area contributed by atoms with Gasteiger partial charge in [-0.15, -0.1) is 0 Å². The van der Waals surface area contributed by atoms with E-state index in [1.54, 1.807) is 18.3 Å². The van der Waals surface area contributed by atoms with Crippen molar-refractivity contribution in [3.63, 3.8) is 0 Å². The molecule has 1 atom stereocenters. The second-order valence-corrected chi connectivity index (χ2v) is 5.58. The lowest BCUT2D eigenvalue weighted by atomic mass is 10.2. The van der Waals surface area contributed by atoms with Gasteiger partial charge in [0, 0.05) is 24.2 Å². The molecule has 0 bridgehead atoms. The third-order valence-electron chi connectivity index (χ3n) is 3.04. The van der Waals surface area contributed by atoms with Crippen molar-refractivity contribution < 1.29 is 14.3 Å². The van der Waals surface area contributed by atoms with Gasteiger partial charge in [-0.3, -0.25) is 4.79 Å². The number of hydrogen-bond donors (Lipinski definition) is 1. The summed E-state index contributed by atoms with van der Waals surface area (Å²) in [6.45, 7) is 3.15. The van der Waals surface area contributed by atoms with Gasteiger partial charge in [-0.2, -0.15) is 4.37 Å². The second-order valence-electron chi connectivity index (χ2n) is 4.77. The molecule has 0 spiro atoms. The lowest BCUT2D eigenvalue weighted by Crippen LogP contribution is -2.17. The zero-order valence-electron chi connectivity index (χ0n) is 11.5. The Morgan fingerprint density at radius 3 is 3.14 bits per heavy atom. The molecular weight excluding hydrogens is 290 g/mol. The number of pyridine rings is 1. The molecule has 1 N–H and O–H groups in total. The summed E-state index contributed by atoms with van der Waals surface area (Å²) in [6, 6.07) is 5.12. The summed E-state index contributed by atoms with van der Waals surface area (Å²) >= 11 is 1.26. The Balaban J connectivity index is 1.68. The van der Waals surface area contributed by atoms with Crippen LogP contribution in [0.5, 0.6) is 5.88 Å². The average Bonchev–Trinajstić information content (AvgIpc) is 3.11. The molecule has 0 saturated carbocycles. The average molecular weight is 305 g/mol. The molecule has 0 radical (unpaired) electrons. The minimum Gasteiger partial charge on any atom is -0.472 e. The van der Waals surface area contributed by atoms with E-state index in [1.165, 1.54) is 11.5 Å². The second kappa shape index (κ2) is 6.19. The van der Waals surface area contributed by atoms with Crippen LogP contribution >= 0.6 is 11.5 Å². The van der Waals surface area contributed by atoms with Gasteiger partial charge in [0.15, 0.2) is 0 Å². The summed E-state index contributed by atoms with van der Waals surface area (Å²) in [5.74, 6) is 0.243. The molecule has 1 fully saturated rings. The van der Waals surface area contributed by atoms with Crippen LogP contribution in [0.2, 0.25) is 0 Å². The number of amides is 1. The smallest absolute Gasteiger partial charge is 0.256 e. The van der Waals surface area contributed by atoms with Crippen LogP contribution < -0.4 is 10.1 Å². The fraction of sp³-hybridized carbons (Fsp3) is 0.357. The Bertz CT molecular complexity index is 638. The van der Waals surface area contributed by atoms with Crippen LogP contribution in [-0.4, -0.2) is 34.6 Å². The van der Waals surface area contributed by atoms with Gasteiger partial charge in [0.25, 0.3) is 5.91 Å². The molecule has 0 aromatic carbocycles. The van der Waals surface area contributed by atoms with Crippen LogP contribution in [0.25, 0.3) is 0 Å². The van der Waals surface area contributed by atoms with Crippen LogP contribution in [0.3, 0.4) is 0 Å². The normalized spacial score (nSPS) is 17.7. The first-order chi connectivity index (χ1) is 10.2. The fourth-order valence-corrected chi connectivity index (χ4v) is 2.65.